The predicted octanol–water partition coefficient (Wildman–Crippen LogP) is 2.58. The molecule has 1 saturated carbocycles. The molecule has 1 aliphatic carbocycles. The van der Waals surface area contributed by atoms with E-state index in [1.807, 2.05) is 0 Å². The zero-order valence-electron chi connectivity index (χ0n) is 7.93. The highest BCUT2D eigenvalue weighted by atomic mass is 16.3. The summed E-state index contributed by atoms with van der Waals surface area (Å²) in [6.45, 7) is 6.69. The molecule has 1 aliphatic rings. The number of rotatable bonds is 3. The molecule has 0 bridgehead atoms. The molecule has 1 N–H and O–H groups in total. The van der Waals surface area contributed by atoms with Crippen molar-refractivity contribution in [2.24, 2.45) is 11.8 Å². The lowest BCUT2D eigenvalue weighted by molar-refractivity contribution is -0.0551. The fourth-order valence-electron chi connectivity index (χ4n) is 1.62. The van der Waals surface area contributed by atoms with Gasteiger partial charge < -0.3 is 5.11 Å². The van der Waals surface area contributed by atoms with Gasteiger partial charge in [-0.3, -0.25) is 0 Å². The fourth-order valence-corrected chi connectivity index (χ4v) is 1.62. The quantitative estimate of drug-likeness (QED) is 0.666. The summed E-state index contributed by atoms with van der Waals surface area (Å²) in [5.41, 5.74) is -0.274. The van der Waals surface area contributed by atoms with Gasteiger partial charge >= 0.3 is 0 Å². The second-order valence-corrected chi connectivity index (χ2v) is 4.50. The van der Waals surface area contributed by atoms with Crippen molar-refractivity contribution in [3.8, 4) is 0 Å². The molecule has 0 aromatic heterocycles. The lowest BCUT2D eigenvalue weighted by atomic mass is 9.73. The van der Waals surface area contributed by atoms with Crippen molar-refractivity contribution in [2.75, 3.05) is 0 Å². The van der Waals surface area contributed by atoms with Crippen LogP contribution in [0.1, 0.15) is 46.5 Å². The first-order valence-corrected chi connectivity index (χ1v) is 4.76. The van der Waals surface area contributed by atoms with Gasteiger partial charge in [-0.1, -0.05) is 20.8 Å². The molecule has 1 atom stereocenters. The topological polar surface area (TPSA) is 20.2 Å². The average Bonchev–Trinajstić information content (AvgIpc) is 1.84. The van der Waals surface area contributed by atoms with Crippen molar-refractivity contribution < 1.29 is 5.11 Å². The summed E-state index contributed by atoms with van der Waals surface area (Å²) in [4.78, 5) is 0. The van der Waals surface area contributed by atoms with Crippen molar-refractivity contribution in [3.05, 3.63) is 0 Å². The van der Waals surface area contributed by atoms with E-state index in [0.717, 1.165) is 19.3 Å². The summed E-state index contributed by atoms with van der Waals surface area (Å²) in [5, 5.41) is 9.83. The van der Waals surface area contributed by atoms with Crippen LogP contribution in [0.25, 0.3) is 0 Å². The fraction of sp³-hybridized carbons (Fsp3) is 1.00. The zero-order valence-corrected chi connectivity index (χ0v) is 7.93. The monoisotopic (exact) mass is 156 g/mol. The van der Waals surface area contributed by atoms with E-state index in [-0.39, 0.29) is 5.60 Å². The third-order valence-electron chi connectivity index (χ3n) is 3.12. The maximum atomic E-state index is 9.83. The van der Waals surface area contributed by atoms with Crippen LogP contribution in [0.15, 0.2) is 0 Å². The molecule has 0 heterocycles. The standard InChI is InChI=1S/C10H20O/c1-8(2)9(3)7-10(11)5-4-6-10/h8-9,11H,4-7H2,1-3H3. The summed E-state index contributed by atoms with van der Waals surface area (Å²) in [6, 6.07) is 0. The highest BCUT2D eigenvalue weighted by molar-refractivity contribution is 4.88. The normalized spacial score (nSPS) is 24.8. The van der Waals surface area contributed by atoms with Gasteiger partial charge in [0.15, 0.2) is 0 Å². The molecule has 1 unspecified atom stereocenters. The smallest absolute Gasteiger partial charge is 0.0650 e. The van der Waals surface area contributed by atoms with Gasteiger partial charge in [-0.15, -0.1) is 0 Å². The maximum Gasteiger partial charge on any atom is 0.0650 e. The number of aliphatic hydroxyl groups is 1. The Kier molecular flexibility index (Phi) is 2.58. The number of hydrogen-bond acceptors (Lipinski definition) is 1. The molecular formula is C10H20O. The maximum absolute atomic E-state index is 9.83. The highest BCUT2D eigenvalue weighted by Crippen LogP contribution is 2.38. The first-order chi connectivity index (χ1) is 5.03. The van der Waals surface area contributed by atoms with Gasteiger partial charge in [0.2, 0.25) is 0 Å². The minimum Gasteiger partial charge on any atom is -0.390 e. The Balaban J connectivity index is 2.29. The van der Waals surface area contributed by atoms with Crippen LogP contribution in [0.4, 0.5) is 0 Å². The van der Waals surface area contributed by atoms with Crippen molar-refractivity contribution in [2.45, 2.75) is 52.1 Å². The molecule has 0 spiro atoms. The van der Waals surface area contributed by atoms with Crippen molar-refractivity contribution >= 4 is 0 Å². The van der Waals surface area contributed by atoms with Gasteiger partial charge in [-0.05, 0) is 37.5 Å². The van der Waals surface area contributed by atoms with Gasteiger partial charge in [-0.2, -0.15) is 0 Å². The summed E-state index contributed by atoms with van der Waals surface area (Å²) >= 11 is 0. The molecule has 1 rings (SSSR count). The predicted molar refractivity (Wildman–Crippen MR) is 47.4 cm³/mol. The lowest BCUT2D eigenvalue weighted by Crippen LogP contribution is -2.39. The Morgan fingerprint density at radius 3 is 2.09 bits per heavy atom. The van der Waals surface area contributed by atoms with Crippen molar-refractivity contribution in [1.82, 2.24) is 0 Å². The molecule has 0 aromatic carbocycles. The highest BCUT2D eigenvalue weighted by Gasteiger charge is 2.35. The average molecular weight is 156 g/mol. The van der Waals surface area contributed by atoms with Gasteiger partial charge in [-0.25, -0.2) is 0 Å². The Morgan fingerprint density at radius 1 is 1.27 bits per heavy atom. The molecule has 1 fully saturated rings. The molecule has 0 radical (unpaired) electrons. The largest absolute Gasteiger partial charge is 0.390 e. The molecule has 0 aromatic rings. The Morgan fingerprint density at radius 2 is 1.82 bits per heavy atom. The third kappa shape index (κ3) is 2.19. The second kappa shape index (κ2) is 3.14. The summed E-state index contributed by atoms with van der Waals surface area (Å²) in [6.07, 6.45) is 4.29. The van der Waals surface area contributed by atoms with E-state index in [1.165, 1.54) is 6.42 Å². The Hall–Kier alpha value is -0.0400. The summed E-state index contributed by atoms with van der Waals surface area (Å²) in [5.74, 6) is 1.37. The van der Waals surface area contributed by atoms with Crippen molar-refractivity contribution in [1.29, 1.82) is 0 Å². The van der Waals surface area contributed by atoms with Crippen molar-refractivity contribution in [3.63, 3.8) is 0 Å². The van der Waals surface area contributed by atoms with Crippen LogP contribution in [0.5, 0.6) is 0 Å². The van der Waals surface area contributed by atoms with Gasteiger partial charge in [0.1, 0.15) is 0 Å². The minimum absolute atomic E-state index is 0.274. The van der Waals surface area contributed by atoms with E-state index in [9.17, 15) is 5.11 Å². The van der Waals surface area contributed by atoms with E-state index in [0.29, 0.717) is 11.8 Å². The van der Waals surface area contributed by atoms with Gasteiger partial charge in [0.05, 0.1) is 5.60 Å². The van der Waals surface area contributed by atoms with E-state index in [4.69, 9.17) is 0 Å². The minimum atomic E-state index is -0.274. The van der Waals surface area contributed by atoms with Crippen LogP contribution < -0.4 is 0 Å². The van der Waals surface area contributed by atoms with E-state index in [1.54, 1.807) is 0 Å². The van der Waals surface area contributed by atoms with Crippen LogP contribution in [0.2, 0.25) is 0 Å². The Bertz CT molecular complexity index is 125. The van der Waals surface area contributed by atoms with Crippen LogP contribution in [0, 0.1) is 11.8 Å². The molecule has 0 saturated heterocycles. The lowest BCUT2D eigenvalue weighted by Gasteiger charge is -2.39. The van der Waals surface area contributed by atoms with Crippen LogP contribution in [-0.4, -0.2) is 10.7 Å². The van der Waals surface area contributed by atoms with Crippen LogP contribution in [0.3, 0.4) is 0 Å². The van der Waals surface area contributed by atoms with E-state index in [2.05, 4.69) is 20.8 Å². The number of hydrogen-bond donors (Lipinski definition) is 1. The first-order valence-electron chi connectivity index (χ1n) is 4.76. The van der Waals surface area contributed by atoms with E-state index < -0.39 is 0 Å². The van der Waals surface area contributed by atoms with Crippen LogP contribution in [-0.2, 0) is 0 Å². The van der Waals surface area contributed by atoms with Crippen LogP contribution >= 0.6 is 0 Å². The molecular weight excluding hydrogens is 136 g/mol. The zero-order chi connectivity index (χ0) is 8.48. The first kappa shape index (κ1) is 9.05. The molecule has 0 amide bonds. The second-order valence-electron chi connectivity index (χ2n) is 4.50. The molecule has 11 heavy (non-hydrogen) atoms. The SMILES string of the molecule is CC(C)C(C)CC1(O)CCC1. The molecule has 1 nitrogen and oxygen atoms in total. The Labute approximate surface area is 69.8 Å². The molecule has 1 heteroatoms. The molecule has 0 aliphatic heterocycles. The van der Waals surface area contributed by atoms with Gasteiger partial charge in [0, 0.05) is 0 Å². The summed E-state index contributed by atoms with van der Waals surface area (Å²) in [7, 11) is 0. The molecule has 66 valence electrons. The van der Waals surface area contributed by atoms with Gasteiger partial charge in [0.25, 0.3) is 0 Å². The summed E-state index contributed by atoms with van der Waals surface area (Å²) < 4.78 is 0. The van der Waals surface area contributed by atoms with E-state index >= 15 is 0 Å². The third-order valence-corrected chi connectivity index (χ3v) is 3.12.